The average Bonchev–Trinajstić information content (AvgIpc) is 2.32. The highest BCUT2D eigenvalue weighted by molar-refractivity contribution is 5.39. The van der Waals surface area contributed by atoms with Gasteiger partial charge in [0.25, 0.3) is 0 Å². The van der Waals surface area contributed by atoms with Crippen molar-refractivity contribution in [2.75, 3.05) is 25.4 Å². The topological polar surface area (TPSA) is 49.5 Å². The van der Waals surface area contributed by atoms with Gasteiger partial charge in [-0.05, 0) is 30.7 Å². The fourth-order valence-corrected chi connectivity index (χ4v) is 1.88. The quantitative estimate of drug-likeness (QED) is 0.537. The van der Waals surface area contributed by atoms with Gasteiger partial charge in [0.1, 0.15) is 0 Å². The van der Waals surface area contributed by atoms with E-state index in [4.69, 9.17) is 10.8 Å². The van der Waals surface area contributed by atoms with Crippen molar-refractivity contribution in [1.82, 2.24) is 4.90 Å². The molecule has 0 aliphatic heterocycles. The number of nitrogen functional groups attached to an aromatic ring is 1. The van der Waals surface area contributed by atoms with Crippen molar-refractivity contribution < 1.29 is 5.11 Å². The van der Waals surface area contributed by atoms with E-state index in [9.17, 15) is 0 Å². The SMILES string of the molecule is CCCCCN(CCO)Cc1ccc(N)cc1. The molecule has 0 saturated heterocycles. The molecule has 0 atom stereocenters. The number of aliphatic hydroxyl groups excluding tert-OH is 1. The first-order chi connectivity index (χ1) is 8.26. The Labute approximate surface area is 104 Å². The highest BCUT2D eigenvalue weighted by Crippen LogP contribution is 2.09. The highest BCUT2D eigenvalue weighted by atomic mass is 16.3. The number of hydrogen-bond donors (Lipinski definition) is 2. The first-order valence-corrected chi connectivity index (χ1v) is 6.44. The van der Waals surface area contributed by atoms with Crippen molar-refractivity contribution in [2.45, 2.75) is 32.7 Å². The molecule has 0 fully saturated rings. The fraction of sp³-hybridized carbons (Fsp3) is 0.571. The fourth-order valence-electron chi connectivity index (χ4n) is 1.88. The zero-order chi connectivity index (χ0) is 12.5. The lowest BCUT2D eigenvalue weighted by Crippen LogP contribution is -2.27. The summed E-state index contributed by atoms with van der Waals surface area (Å²) in [7, 11) is 0. The summed E-state index contributed by atoms with van der Waals surface area (Å²) in [5, 5.41) is 9.05. The monoisotopic (exact) mass is 236 g/mol. The predicted molar refractivity (Wildman–Crippen MR) is 72.7 cm³/mol. The van der Waals surface area contributed by atoms with Gasteiger partial charge in [-0.25, -0.2) is 0 Å². The first-order valence-electron chi connectivity index (χ1n) is 6.44. The lowest BCUT2D eigenvalue weighted by atomic mass is 10.2. The Hall–Kier alpha value is -1.06. The van der Waals surface area contributed by atoms with Gasteiger partial charge in [-0.1, -0.05) is 31.9 Å². The Bertz CT molecular complexity index is 298. The summed E-state index contributed by atoms with van der Waals surface area (Å²) in [6.45, 7) is 5.12. The molecule has 1 aromatic carbocycles. The number of nitrogens with zero attached hydrogens (tertiary/aromatic N) is 1. The second-order valence-corrected chi connectivity index (χ2v) is 4.45. The molecule has 0 amide bonds. The summed E-state index contributed by atoms with van der Waals surface area (Å²) in [6.07, 6.45) is 3.68. The third kappa shape index (κ3) is 5.71. The van der Waals surface area contributed by atoms with E-state index < -0.39 is 0 Å². The summed E-state index contributed by atoms with van der Waals surface area (Å²) in [5.41, 5.74) is 7.71. The maximum absolute atomic E-state index is 9.05. The largest absolute Gasteiger partial charge is 0.399 e. The second-order valence-electron chi connectivity index (χ2n) is 4.45. The van der Waals surface area contributed by atoms with E-state index in [1.807, 2.05) is 12.1 Å². The van der Waals surface area contributed by atoms with Crippen LogP contribution in [0.2, 0.25) is 0 Å². The zero-order valence-electron chi connectivity index (χ0n) is 10.7. The molecule has 96 valence electrons. The van der Waals surface area contributed by atoms with E-state index in [-0.39, 0.29) is 6.61 Å². The van der Waals surface area contributed by atoms with Gasteiger partial charge in [0.05, 0.1) is 6.61 Å². The molecule has 3 nitrogen and oxygen atoms in total. The minimum Gasteiger partial charge on any atom is -0.399 e. The van der Waals surface area contributed by atoms with Crippen LogP contribution < -0.4 is 5.73 Å². The van der Waals surface area contributed by atoms with Crippen molar-refractivity contribution in [3.8, 4) is 0 Å². The lowest BCUT2D eigenvalue weighted by molar-refractivity contribution is 0.187. The Balaban J connectivity index is 2.44. The van der Waals surface area contributed by atoms with Crippen molar-refractivity contribution >= 4 is 5.69 Å². The molecule has 0 heterocycles. The molecule has 0 radical (unpaired) electrons. The summed E-state index contributed by atoms with van der Waals surface area (Å²) in [5.74, 6) is 0. The zero-order valence-corrected chi connectivity index (χ0v) is 10.7. The number of unbranched alkanes of at least 4 members (excludes halogenated alkanes) is 2. The molecule has 0 spiro atoms. The van der Waals surface area contributed by atoms with E-state index in [0.717, 1.165) is 25.3 Å². The van der Waals surface area contributed by atoms with Crippen LogP contribution in [0, 0.1) is 0 Å². The van der Waals surface area contributed by atoms with Crippen LogP contribution in [0.1, 0.15) is 31.7 Å². The Kier molecular flexibility index (Phi) is 6.67. The number of hydrogen-bond acceptors (Lipinski definition) is 3. The average molecular weight is 236 g/mol. The van der Waals surface area contributed by atoms with Crippen LogP contribution in [0.3, 0.4) is 0 Å². The molecule has 3 N–H and O–H groups in total. The van der Waals surface area contributed by atoms with Crippen LogP contribution in [0.15, 0.2) is 24.3 Å². The third-order valence-electron chi connectivity index (χ3n) is 2.88. The summed E-state index contributed by atoms with van der Waals surface area (Å²) in [6, 6.07) is 7.97. The van der Waals surface area contributed by atoms with E-state index >= 15 is 0 Å². The van der Waals surface area contributed by atoms with Crippen LogP contribution in [0.25, 0.3) is 0 Å². The molecule has 0 aromatic heterocycles. The molecular formula is C14H24N2O. The maximum atomic E-state index is 9.05. The molecule has 0 aliphatic carbocycles. The molecule has 0 aliphatic rings. The second kappa shape index (κ2) is 8.09. The van der Waals surface area contributed by atoms with Crippen LogP contribution in [0.5, 0.6) is 0 Å². The Morgan fingerprint density at radius 2 is 1.82 bits per heavy atom. The third-order valence-corrected chi connectivity index (χ3v) is 2.88. The Morgan fingerprint density at radius 3 is 2.41 bits per heavy atom. The van der Waals surface area contributed by atoms with Crippen molar-refractivity contribution in [3.05, 3.63) is 29.8 Å². The maximum Gasteiger partial charge on any atom is 0.0558 e. The number of nitrogens with two attached hydrogens (primary N) is 1. The van der Waals surface area contributed by atoms with Gasteiger partial charge in [-0.2, -0.15) is 0 Å². The molecule has 3 heteroatoms. The summed E-state index contributed by atoms with van der Waals surface area (Å²) < 4.78 is 0. The van der Waals surface area contributed by atoms with E-state index in [2.05, 4.69) is 24.0 Å². The molecule has 0 unspecified atom stereocenters. The van der Waals surface area contributed by atoms with Gasteiger partial charge in [-0.3, -0.25) is 4.90 Å². The van der Waals surface area contributed by atoms with E-state index in [1.165, 1.54) is 24.8 Å². The van der Waals surface area contributed by atoms with Crippen molar-refractivity contribution in [2.24, 2.45) is 0 Å². The van der Waals surface area contributed by atoms with Crippen LogP contribution >= 0.6 is 0 Å². The van der Waals surface area contributed by atoms with E-state index in [1.54, 1.807) is 0 Å². The van der Waals surface area contributed by atoms with Crippen LogP contribution in [0.4, 0.5) is 5.69 Å². The molecule has 17 heavy (non-hydrogen) atoms. The molecule has 1 rings (SSSR count). The summed E-state index contributed by atoms with van der Waals surface area (Å²) >= 11 is 0. The lowest BCUT2D eigenvalue weighted by Gasteiger charge is -2.21. The van der Waals surface area contributed by atoms with Crippen LogP contribution in [-0.2, 0) is 6.54 Å². The molecule has 0 bridgehead atoms. The highest BCUT2D eigenvalue weighted by Gasteiger charge is 2.04. The number of aliphatic hydroxyl groups is 1. The first kappa shape index (κ1) is 14.0. The van der Waals surface area contributed by atoms with Crippen molar-refractivity contribution in [3.63, 3.8) is 0 Å². The predicted octanol–water partition coefficient (Wildman–Crippen LogP) is 2.25. The van der Waals surface area contributed by atoms with Gasteiger partial charge in [0.15, 0.2) is 0 Å². The number of anilines is 1. The minimum absolute atomic E-state index is 0.223. The standard InChI is InChI=1S/C14H24N2O/c1-2-3-4-9-16(10-11-17)12-13-5-7-14(15)8-6-13/h5-8,17H,2-4,9-12,15H2,1H3. The number of benzene rings is 1. The number of rotatable bonds is 8. The smallest absolute Gasteiger partial charge is 0.0558 e. The van der Waals surface area contributed by atoms with Gasteiger partial charge < -0.3 is 10.8 Å². The van der Waals surface area contributed by atoms with Crippen LogP contribution in [-0.4, -0.2) is 29.7 Å². The molecular weight excluding hydrogens is 212 g/mol. The summed E-state index contributed by atoms with van der Waals surface area (Å²) in [4.78, 5) is 2.29. The normalized spacial score (nSPS) is 11.0. The van der Waals surface area contributed by atoms with Gasteiger partial charge in [-0.15, -0.1) is 0 Å². The minimum atomic E-state index is 0.223. The molecule has 1 aromatic rings. The van der Waals surface area contributed by atoms with E-state index in [0.29, 0.717) is 0 Å². The van der Waals surface area contributed by atoms with Crippen molar-refractivity contribution in [1.29, 1.82) is 0 Å². The van der Waals surface area contributed by atoms with Gasteiger partial charge in [0.2, 0.25) is 0 Å². The van der Waals surface area contributed by atoms with Gasteiger partial charge >= 0.3 is 0 Å². The Morgan fingerprint density at radius 1 is 1.12 bits per heavy atom. The van der Waals surface area contributed by atoms with Gasteiger partial charge in [0, 0.05) is 18.8 Å². The molecule has 0 saturated carbocycles.